The average Bonchev–Trinajstić information content (AvgIpc) is 3.10. The number of anilines is 2. The topological polar surface area (TPSA) is 102 Å². The van der Waals surface area contributed by atoms with Crippen LogP contribution in [-0.4, -0.2) is 35.0 Å². The Bertz CT molecular complexity index is 1250. The first-order valence-electron chi connectivity index (χ1n) is 9.64. The van der Waals surface area contributed by atoms with E-state index in [1.165, 1.54) is 31.4 Å². The molecule has 0 aliphatic rings. The normalized spacial score (nSPS) is 12.4. The highest BCUT2D eigenvalue weighted by Gasteiger charge is 2.36. The summed E-state index contributed by atoms with van der Waals surface area (Å²) in [5, 5.41) is 2.86. The van der Waals surface area contributed by atoms with E-state index in [0.29, 0.717) is 23.3 Å². The summed E-state index contributed by atoms with van der Waals surface area (Å²) in [6, 6.07) is 4.32. The molecule has 172 valence electrons. The number of aryl methyl sites for hydroxylation is 2. The Labute approximate surface area is 184 Å². The van der Waals surface area contributed by atoms with E-state index in [0.717, 1.165) is 0 Å². The van der Waals surface area contributed by atoms with Crippen LogP contribution in [0.1, 0.15) is 36.8 Å². The van der Waals surface area contributed by atoms with Gasteiger partial charge in [0.25, 0.3) is 0 Å². The number of benzene rings is 1. The molecule has 2 heterocycles. The smallest absolute Gasteiger partial charge is 0.332 e. The number of nitrogens with one attached hydrogen (secondary N) is 2. The molecular weight excluding hydrogens is 445 g/mol. The van der Waals surface area contributed by atoms with E-state index in [4.69, 9.17) is 0 Å². The van der Waals surface area contributed by atoms with Crippen LogP contribution in [0, 0.1) is 13.8 Å². The zero-order valence-corrected chi connectivity index (χ0v) is 18.9. The van der Waals surface area contributed by atoms with Gasteiger partial charge < -0.3 is 9.88 Å². The van der Waals surface area contributed by atoms with Crippen LogP contribution >= 0.6 is 0 Å². The molecule has 8 nitrogen and oxygen atoms in total. The van der Waals surface area contributed by atoms with Gasteiger partial charge in [-0.25, -0.2) is 28.1 Å². The molecule has 0 saturated heterocycles. The van der Waals surface area contributed by atoms with Crippen LogP contribution in [-0.2, 0) is 16.2 Å². The van der Waals surface area contributed by atoms with Crippen molar-refractivity contribution in [1.82, 2.24) is 24.2 Å². The van der Waals surface area contributed by atoms with Crippen molar-refractivity contribution in [3.8, 4) is 11.4 Å². The number of sulfonamides is 1. The zero-order valence-electron chi connectivity index (χ0n) is 18.1. The third kappa shape index (κ3) is 4.75. The average molecular weight is 469 g/mol. The molecular formula is C20H23F3N6O2S. The highest BCUT2D eigenvalue weighted by atomic mass is 32.2. The van der Waals surface area contributed by atoms with E-state index in [1.807, 2.05) is 13.8 Å². The van der Waals surface area contributed by atoms with Crippen LogP contribution in [0.3, 0.4) is 0 Å². The fraction of sp³-hybridized carbons (Fsp3) is 0.350. The van der Waals surface area contributed by atoms with Gasteiger partial charge in [-0.2, -0.15) is 13.2 Å². The highest BCUT2D eigenvalue weighted by Crippen LogP contribution is 2.36. The number of nitrogens with zero attached hydrogens (tertiary/aromatic N) is 4. The number of aromatic nitrogens is 4. The monoisotopic (exact) mass is 468 g/mol. The summed E-state index contributed by atoms with van der Waals surface area (Å²) in [6.07, 6.45) is -2.42. The number of alkyl halides is 3. The van der Waals surface area contributed by atoms with Gasteiger partial charge in [-0.05, 0) is 58.5 Å². The maximum absolute atomic E-state index is 13.6. The third-order valence-corrected chi connectivity index (χ3v) is 6.25. The van der Waals surface area contributed by atoms with E-state index in [2.05, 4.69) is 25.0 Å². The largest absolute Gasteiger partial charge is 0.420 e. The van der Waals surface area contributed by atoms with Crippen molar-refractivity contribution < 1.29 is 21.6 Å². The van der Waals surface area contributed by atoms with Crippen LogP contribution in [0.5, 0.6) is 0 Å². The minimum Gasteiger partial charge on any atom is -0.332 e. The molecule has 0 atom stereocenters. The lowest BCUT2D eigenvalue weighted by molar-refractivity contribution is -0.137. The molecule has 0 bridgehead atoms. The van der Waals surface area contributed by atoms with E-state index in [1.54, 1.807) is 18.4 Å². The molecule has 3 rings (SSSR count). The van der Waals surface area contributed by atoms with Gasteiger partial charge in [0.2, 0.25) is 16.0 Å². The summed E-state index contributed by atoms with van der Waals surface area (Å²) in [6.45, 7) is 7.17. The summed E-state index contributed by atoms with van der Waals surface area (Å²) < 4.78 is 68.8. The predicted octanol–water partition coefficient (Wildman–Crippen LogP) is 4.21. The molecule has 12 heteroatoms. The van der Waals surface area contributed by atoms with Crippen molar-refractivity contribution in [1.29, 1.82) is 0 Å². The lowest BCUT2D eigenvalue weighted by Crippen LogP contribution is -2.18. The molecule has 0 unspecified atom stereocenters. The number of hydrogen-bond donors (Lipinski definition) is 2. The van der Waals surface area contributed by atoms with Crippen LogP contribution < -0.4 is 10.0 Å². The summed E-state index contributed by atoms with van der Waals surface area (Å²) >= 11 is 0. The molecule has 3 aromatic rings. The molecule has 0 saturated carbocycles. The Kier molecular flexibility index (Phi) is 6.29. The summed E-state index contributed by atoms with van der Waals surface area (Å²) in [4.78, 5) is 12.2. The number of hydrogen-bond acceptors (Lipinski definition) is 6. The number of imidazole rings is 1. The van der Waals surface area contributed by atoms with Gasteiger partial charge >= 0.3 is 6.18 Å². The Morgan fingerprint density at radius 1 is 1.12 bits per heavy atom. The lowest BCUT2D eigenvalue weighted by atomic mass is 10.2. The SMILES string of the molecule is CNS(=O)(=O)c1ccc(Nc2ncc(C(F)(F)F)c(-c3cn(C(C)C)c(C)n3)n2)c(C)c1. The van der Waals surface area contributed by atoms with Crippen molar-refractivity contribution in [2.45, 2.75) is 44.8 Å². The molecule has 2 aromatic heterocycles. The minimum atomic E-state index is -4.66. The highest BCUT2D eigenvalue weighted by molar-refractivity contribution is 7.89. The second kappa shape index (κ2) is 8.51. The van der Waals surface area contributed by atoms with Gasteiger partial charge in [0.05, 0.1) is 4.90 Å². The summed E-state index contributed by atoms with van der Waals surface area (Å²) in [5.41, 5.74) is -0.254. The Morgan fingerprint density at radius 3 is 2.34 bits per heavy atom. The third-order valence-electron chi connectivity index (χ3n) is 4.83. The van der Waals surface area contributed by atoms with Gasteiger partial charge in [0.1, 0.15) is 22.8 Å². The molecule has 0 aliphatic carbocycles. The van der Waals surface area contributed by atoms with Gasteiger partial charge in [-0.15, -0.1) is 0 Å². The van der Waals surface area contributed by atoms with Crippen LogP contribution in [0.15, 0.2) is 35.5 Å². The second-order valence-electron chi connectivity index (χ2n) is 7.44. The molecule has 0 aliphatic heterocycles. The van der Waals surface area contributed by atoms with Crippen molar-refractivity contribution >= 4 is 21.7 Å². The second-order valence-corrected chi connectivity index (χ2v) is 9.32. The van der Waals surface area contributed by atoms with Gasteiger partial charge in [0, 0.05) is 24.1 Å². The Morgan fingerprint density at radius 2 is 1.81 bits per heavy atom. The first kappa shape index (κ1) is 23.7. The molecule has 1 aromatic carbocycles. The van der Waals surface area contributed by atoms with Gasteiger partial charge in [0.15, 0.2) is 0 Å². The van der Waals surface area contributed by atoms with E-state index >= 15 is 0 Å². The van der Waals surface area contributed by atoms with Crippen molar-refractivity contribution in [2.75, 3.05) is 12.4 Å². The molecule has 0 radical (unpaired) electrons. The van der Waals surface area contributed by atoms with Crippen LogP contribution in [0.4, 0.5) is 24.8 Å². The van der Waals surface area contributed by atoms with E-state index in [9.17, 15) is 21.6 Å². The van der Waals surface area contributed by atoms with Crippen molar-refractivity contribution in [3.05, 3.63) is 47.5 Å². The molecule has 2 N–H and O–H groups in total. The first-order chi connectivity index (χ1) is 14.8. The zero-order chi connectivity index (χ0) is 23.8. The maximum Gasteiger partial charge on any atom is 0.420 e. The molecule has 0 spiro atoms. The van der Waals surface area contributed by atoms with Crippen LogP contribution in [0.25, 0.3) is 11.4 Å². The summed E-state index contributed by atoms with van der Waals surface area (Å²) in [5.74, 6) is 0.491. The van der Waals surface area contributed by atoms with Gasteiger partial charge in [-0.1, -0.05) is 0 Å². The maximum atomic E-state index is 13.6. The van der Waals surface area contributed by atoms with Gasteiger partial charge in [-0.3, -0.25) is 0 Å². The number of rotatable bonds is 6. The number of halogens is 3. The fourth-order valence-corrected chi connectivity index (χ4v) is 3.96. The molecule has 32 heavy (non-hydrogen) atoms. The van der Waals surface area contributed by atoms with Crippen LogP contribution in [0.2, 0.25) is 0 Å². The molecule has 0 fully saturated rings. The van der Waals surface area contributed by atoms with E-state index in [-0.39, 0.29) is 28.3 Å². The van der Waals surface area contributed by atoms with Crippen molar-refractivity contribution in [3.63, 3.8) is 0 Å². The summed E-state index contributed by atoms with van der Waals surface area (Å²) in [7, 11) is -2.33. The van der Waals surface area contributed by atoms with Crippen molar-refractivity contribution in [2.24, 2.45) is 0 Å². The fourth-order valence-electron chi connectivity index (χ4n) is 3.15. The Balaban J connectivity index is 2.05. The van der Waals surface area contributed by atoms with E-state index < -0.39 is 21.8 Å². The standard InChI is InChI=1S/C20H23F3N6O2S/c1-11(2)29-10-17(26-13(29)4)18-15(20(21,22)23)9-25-19(28-18)27-16-7-6-14(8-12(16)3)32(30,31)24-5/h6-11,24H,1-5H3,(H,25,27,28). The Hall–Kier alpha value is -2.99. The quantitative estimate of drug-likeness (QED) is 0.562. The first-order valence-corrected chi connectivity index (χ1v) is 11.1. The lowest BCUT2D eigenvalue weighted by Gasteiger charge is -2.14. The molecule has 0 amide bonds. The predicted molar refractivity (Wildman–Crippen MR) is 114 cm³/mol. The minimum absolute atomic E-state index is 0.0140.